The first kappa shape index (κ1) is 14.8. The fraction of sp³-hybridized carbons (Fsp3) is 0.600. The van der Waals surface area contributed by atoms with Crippen molar-refractivity contribution in [2.45, 2.75) is 19.3 Å². The molecule has 19 heavy (non-hydrogen) atoms. The highest BCUT2D eigenvalue weighted by Gasteiger charge is 2.31. The van der Waals surface area contributed by atoms with Gasteiger partial charge in [0.05, 0.1) is 6.61 Å². The van der Waals surface area contributed by atoms with Crippen LogP contribution < -0.4 is 10.1 Å². The third kappa shape index (κ3) is 4.48. The van der Waals surface area contributed by atoms with Crippen LogP contribution in [0.3, 0.4) is 0 Å². The third-order valence-corrected chi connectivity index (χ3v) is 4.35. The highest BCUT2D eigenvalue weighted by molar-refractivity contribution is 9.10. The van der Waals surface area contributed by atoms with Crippen molar-refractivity contribution in [2.24, 2.45) is 5.41 Å². The van der Waals surface area contributed by atoms with Crippen molar-refractivity contribution in [3.63, 3.8) is 0 Å². The minimum Gasteiger partial charge on any atom is -0.494 e. The lowest BCUT2D eigenvalue weighted by atomic mass is 9.77. The molecule has 0 amide bonds. The van der Waals surface area contributed by atoms with E-state index in [2.05, 4.69) is 21.2 Å². The number of benzene rings is 1. The standard InChI is InChI=1S/C15H22BrNO2/c1-17-12-15(6-9-18-10-7-15)8-11-19-14-4-2-13(16)3-5-14/h2-5,17H,6-12H2,1H3. The van der Waals surface area contributed by atoms with Crippen molar-refractivity contribution in [3.8, 4) is 5.75 Å². The van der Waals surface area contributed by atoms with Gasteiger partial charge in [-0.2, -0.15) is 0 Å². The Morgan fingerprint density at radius 3 is 2.58 bits per heavy atom. The van der Waals surface area contributed by atoms with E-state index in [1.807, 2.05) is 31.3 Å². The van der Waals surface area contributed by atoms with E-state index in [4.69, 9.17) is 9.47 Å². The summed E-state index contributed by atoms with van der Waals surface area (Å²) in [7, 11) is 2.02. The van der Waals surface area contributed by atoms with Crippen molar-refractivity contribution in [2.75, 3.05) is 33.4 Å². The summed E-state index contributed by atoms with van der Waals surface area (Å²) in [5.74, 6) is 0.940. The van der Waals surface area contributed by atoms with E-state index in [0.717, 1.165) is 55.9 Å². The van der Waals surface area contributed by atoms with Crippen LogP contribution in [0, 0.1) is 5.41 Å². The molecule has 1 saturated heterocycles. The molecule has 0 aromatic heterocycles. The molecule has 1 N–H and O–H groups in total. The van der Waals surface area contributed by atoms with Crippen molar-refractivity contribution in [1.29, 1.82) is 0 Å². The molecule has 1 aliphatic heterocycles. The molecule has 3 nitrogen and oxygen atoms in total. The summed E-state index contributed by atoms with van der Waals surface area (Å²) >= 11 is 3.43. The smallest absolute Gasteiger partial charge is 0.119 e. The fourth-order valence-corrected chi connectivity index (χ4v) is 2.88. The van der Waals surface area contributed by atoms with Crippen LogP contribution in [0.25, 0.3) is 0 Å². The molecule has 0 atom stereocenters. The summed E-state index contributed by atoms with van der Waals surface area (Å²) in [6, 6.07) is 8.01. The fourth-order valence-electron chi connectivity index (χ4n) is 2.61. The van der Waals surface area contributed by atoms with E-state index in [-0.39, 0.29) is 0 Å². The van der Waals surface area contributed by atoms with Crippen LogP contribution in [-0.4, -0.2) is 33.4 Å². The summed E-state index contributed by atoms with van der Waals surface area (Å²) in [5.41, 5.74) is 0.336. The minimum atomic E-state index is 0.336. The Morgan fingerprint density at radius 2 is 1.95 bits per heavy atom. The van der Waals surface area contributed by atoms with Crippen molar-refractivity contribution in [3.05, 3.63) is 28.7 Å². The predicted molar refractivity (Wildman–Crippen MR) is 80.7 cm³/mol. The molecule has 0 radical (unpaired) electrons. The van der Waals surface area contributed by atoms with Gasteiger partial charge in [0.25, 0.3) is 0 Å². The molecule has 4 heteroatoms. The molecule has 0 spiro atoms. The van der Waals surface area contributed by atoms with Gasteiger partial charge in [0, 0.05) is 24.2 Å². The average Bonchev–Trinajstić information content (AvgIpc) is 2.42. The van der Waals surface area contributed by atoms with Crippen molar-refractivity contribution < 1.29 is 9.47 Å². The Bertz CT molecular complexity index is 369. The van der Waals surface area contributed by atoms with Crippen LogP contribution in [0.15, 0.2) is 28.7 Å². The molecule has 1 fully saturated rings. The summed E-state index contributed by atoms with van der Waals surface area (Å²) in [4.78, 5) is 0. The second-order valence-electron chi connectivity index (χ2n) is 5.20. The van der Waals surface area contributed by atoms with Gasteiger partial charge < -0.3 is 14.8 Å². The molecule has 2 rings (SSSR count). The van der Waals surface area contributed by atoms with Gasteiger partial charge in [-0.1, -0.05) is 15.9 Å². The normalized spacial score (nSPS) is 18.2. The largest absolute Gasteiger partial charge is 0.494 e. The Labute approximate surface area is 123 Å². The van der Waals surface area contributed by atoms with Gasteiger partial charge in [0.2, 0.25) is 0 Å². The van der Waals surface area contributed by atoms with Gasteiger partial charge in [0.1, 0.15) is 5.75 Å². The Morgan fingerprint density at radius 1 is 1.26 bits per heavy atom. The first-order valence-electron chi connectivity index (χ1n) is 6.85. The highest BCUT2D eigenvalue weighted by Crippen LogP contribution is 2.33. The molecule has 0 aliphatic carbocycles. The number of ether oxygens (including phenoxy) is 2. The SMILES string of the molecule is CNCC1(CCOc2ccc(Br)cc2)CCOCC1. The number of nitrogens with one attached hydrogen (secondary N) is 1. The lowest BCUT2D eigenvalue weighted by Gasteiger charge is -2.37. The molecule has 1 aromatic carbocycles. The molecule has 1 aliphatic rings. The van der Waals surface area contributed by atoms with Crippen LogP contribution in [0.4, 0.5) is 0 Å². The van der Waals surface area contributed by atoms with Crippen LogP contribution in [0.5, 0.6) is 5.75 Å². The van der Waals surface area contributed by atoms with E-state index in [1.165, 1.54) is 0 Å². The summed E-state index contributed by atoms with van der Waals surface area (Å²) in [6.07, 6.45) is 3.32. The van der Waals surface area contributed by atoms with Crippen molar-refractivity contribution >= 4 is 15.9 Å². The Kier molecular flexibility index (Phi) is 5.67. The van der Waals surface area contributed by atoms with E-state index in [0.29, 0.717) is 5.41 Å². The van der Waals surface area contributed by atoms with Gasteiger partial charge in [0.15, 0.2) is 0 Å². The molecule has 1 aromatic rings. The third-order valence-electron chi connectivity index (χ3n) is 3.82. The number of hydrogen-bond donors (Lipinski definition) is 1. The molecular weight excluding hydrogens is 306 g/mol. The molecule has 106 valence electrons. The van der Waals surface area contributed by atoms with E-state index in [9.17, 15) is 0 Å². The number of rotatable bonds is 6. The maximum absolute atomic E-state index is 5.85. The summed E-state index contributed by atoms with van der Waals surface area (Å²) < 4.78 is 12.4. The molecular formula is C15H22BrNO2. The van der Waals surface area contributed by atoms with E-state index < -0.39 is 0 Å². The number of halogens is 1. The monoisotopic (exact) mass is 327 g/mol. The number of hydrogen-bond acceptors (Lipinski definition) is 3. The summed E-state index contributed by atoms with van der Waals surface area (Å²) in [5, 5.41) is 3.32. The first-order chi connectivity index (χ1) is 9.24. The maximum atomic E-state index is 5.85. The molecule has 0 saturated carbocycles. The highest BCUT2D eigenvalue weighted by atomic mass is 79.9. The van der Waals surface area contributed by atoms with Gasteiger partial charge in [-0.05, 0) is 56.0 Å². The zero-order valence-corrected chi connectivity index (χ0v) is 13.0. The quantitative estimate of drug-likeness (QED) is 0.870. The zero-order chi connectivity index (χ0) is 13.6. The van der Waals surface area contributed by atoms with Crippen LogP contribution in [0.2, 0.25) is 0 Å². The predicted octanol–water partition coefficient (Wildman–Crippen LogP) is 3.23. The van der Waals surface area contributed by atoms with Gasteiger partial charge in [-0.3, -0.25) is 0 Å². The molecule has 0 bridgehead atoms. The maximum Gasteiger partial charge on any atom is 0.119 e. The van der Waals surface area contributed by atoms with Crippen molar-refractivity contribution in [1.82, 2.24) is 5.32 Å². The lowest BCUT2D eigenvalue weighted by molar-refractivity contribution is 0.00515. The minimum absolute atomic E-state index is 0.336. The lowest BCUT2D eigenvalue weighted by Crippen LogP contribution is -2.39. The van der Waals surface area contributed by atoms with Gasteiger partial charge in [-0.25, -0.2) is 0 Å². The zero-order valence-electron chi connectivity index (χ0n) is 11.5. The topological polar surface area (TPSA) is 30.5 Å². The first-order valence-corrected chi connectivity index (χ1v) is 7.64. The Balaban J connectivity index is 1.83. The van der Waals surface area contributed by atoms with Crippen LogP contribution >= 0.6 is 15.9 Å². The van der Waals surface area contributed by atoms with E-state index >= 15 is 0 Å². The molecule has 1 heterocycles. The molecule has 0 unspecified atom stereocenters. The van der Waals surface area contributed by atoms with Gasteiger partial charge in [-0.15, -0.1) is 0 Å². The van der Waals surface area contributed by atoms with Crippen LogP contribution in [0.1, 0.15) is 19.3 Å². The second-order valence-corrected chi connectivity index (χ2v) is 6.11. The van der Waals surface area contributed by atoms with Gasteiger partial charge >= 0.3 is 0 Å². The van der Waals surface area contributed by atoms with E-state index in [1.54, 1.807) is 0 Å². The summed E-state index contributed by atoms with van der Waals surface area (Å²) in [6.45, 7) is 3.56. The second kappa shape index (κ2) is 7.27. The van der Waals surface area contributed by atoms with Crippen LogP contribution in [-0.2, 0) is 4.74 Å². The average molecular weight is 328 g/mol. The Hall–Kier alpha value is -0.580.